The third-order valence-electron chi connectivity index (χ3n) is 4.95. The predicted molar refractivity (Wildman–Crippen MR) is 93.2 cm³/mol. The summed E-state index contributed by atoms with van der Waals surface area (Å²) in [5.41, 5.74) is 3.45. The molecule has 3 rings (SSSR count). The minimum atomic E-state index is -0.132. The van der Waals surface area contributed by atoms with Crippen LogP contribution in [0.25, 0.3) is 11.1 Å². The average Bonchev–Trinajstić information content (AvgIpc) is 3.13. The second kappa shape index (κ2) is 7.45. The Kier molecular flexibility index (Phi) is 5.12. The number of carbonyl (C=O) groups is 1. The van der Waals surface area contributed by atoms with E-state index < -0.39 is 0 Å². The van der Waals surface area contributed by atoms with Crippen LogP contribution in [0.4, 0.5) is 0 Å². The summed E-state index contributed by atoms with van der Waals surface area (Å²) in [6.07, 6.45) is 6.00. The highest BCUT2D eigenvalue weighted by Crippen LogP contribution is 2.35. The summed E-state index contributed by atoms with van der Waals surface area (Å²) in [5.74, 6) is 0.421. The molecule has 120 valence electrons. The summed E-state index contributed by atoms with van der Waals surface area (Å²) in [6, 6.07) is 18.7. The fourth-order valence-corrected chi connectivity index (χ4v) is 3.63. The van der Waals surface area contributed by atoms with Crippen molar-refractivity contribution in [2.45, 2.75) is 38.0 Å². The number of ether oxygens (including phenoxy) is 1. The first-order chi connectivity index (χ1) is 11.3. The summed E-state index contributed by atoms with van der Waals surface area (Å²) in [7, 11) is 1.49. The Labute approximate surface area is 138 Å². The lowest BCUT2D eigenvalue weighted by Crippen LogP contribution is -2.17. The molecule has 1 fully saturated rings. The summed E-state index contributed by atoms with van der Waals surface area (Å²) < 4.78 is 5.05. The molecule has 0 heterocycles. The van der Waals surface area contributed by atoms with Gasteiger partial charge in [0, 0.05) is 0 Å². The minimum Gasteiger partial charge on any atom is -0.469 e. The van der Waals surface area contributed by atoms with Gasteiger partial charge in [-0.15, -0.1) is 0 Å². The van der Waals surface area contributed by atoms with Gasteiger partial charge in [-0.1, -0.05) is 80.3 Å². The maximum Gasteiger partial charge on any atom is 0.313 e. The summed E-state index contributed by atoms with van der Waals surface area (Å²) in [4.78, 5) is 12.2. The second-order valence-corrected chi connectivity index (χ2v) is 6.45. The fraction of sp³-hybridized carbons (Fsp3) is 0.381. The maximum absolute atomic E-state index is 12.2. The van der Waals surface area contributed by atoms with Crippen molar-refractivity contribution >= 4 is 5.97 Å². The Balaban J connectivity index is 1.80. The fourth-order valence-electron chi connectivity index (χ4n) is 3.63. The van der Waals surface area contributed by atoms with Crippen molar-refractivity contribution in [1.82, 2.24) is 0 Å². The highest BCUT2D eigenvalue weighted by Gasteiger charge is 2.27. The highest BCUT2D eigenvalue weighted by molar-refractivity contribution is 5.78. The molecule has 2 aromatic carbocycles. The molecule has 0 aliphatic heterocycles. The van der Waals surface area contributed by atoms with Gasteiger partial charge in [-0.25, -0.2) is 0 Å². The van der Waals surface area contributed by atoms with Crippen LogP contribution in [0.1, 0.15) is 43.6 Å². The standard InChI is InChI=1S/C21H24O2/c1-23-21(22)20(15-16-7-5-6-8-16)19-13-11-18(12-14-19)17-9-3-2-4-10-17/h2-4,9-14,16,20H,5-8,15H2,1H3. The monoisotopic (exact) mass is 308 g/mol. The van der Waals surface area contributed by atoms with Crippen LogP contribution in [-0.4, -0.2) is 13.1 Å². The first-order valence-electron chi connectivity index (χ1n) is 8.51. The van der Waals surface area contributed by atoms with Gasteiger partial charge in [0.2, 0.25) is 0 Å². The van der Waals surface area contributed by atoms with E-state index in [4.69, 9.17) is 4.74 Å². The van der Waals surface area contributed by atoms with Gasteiger partial charge in [-0.05, 0) is 29.0 Å². The molecule has 0 spiro atoms. The first-order valence-corrected chi connectivity index (χ1v) is 8.51. The summed E-state index contributed by atoms with van der Waals surface area (Å²) >= 11 is 0. The van der Waals surface area contributed by atoms with E-state index in [-0.39, 0.29) is 11.9 Å². The average molecular weight is 308 g/mol. The van der Waals surface area contributed by atoms with Crippen LogP contribution >= 0.6 is 0 Å². The van der Waals surface area contributed by atoms with Crippen molar-refractivity contribution in [2.75, 3.05) is 7.11 Å². The highest BCUT2D eigenvalue weighted by atomic mass is 16.5. The predicted octanol–water partition coefficient (Wildman–Crippen LogP) is 5.19. The quantitative estimate of drug-likeness (QED) is 0.710. The molecule has 2 aromatic rings. The Morgan fingerprint density at radius 1 is 1.00 bits per heavy atom. The van der Waals surface area contributed by atoms with E-state index >= 15 is 0 Å². The molecule has 0 radical (unpaired) electrons. The van der Waals surface area contributed by atoms with Gasteiger partial charge in [-0.2, -0.15) is 0 Å². The lowest BCUT2D eigenvalue weighted by atomic mass is 9.87. The van der Waals surface area contributed by atoms with Gasteiger partial charge in [0.25, 0.3) is 0 Å². The van der Waals surface area contributed by atoms with Crippen molar-refractivity contribution in [3.63, 3.8) is 0 Å². The number of benzene rings is 2. The van der Waals surface area contributed by atoms with Crippen molar-refractivity contribution in [3.05, 3.63) is 60.2 Å². The number of hydrogen-bond acceptors (Lipinski definition) is 2. The van der Waals surface area contributed by atoms with Crippen LogP contribution in [0.5, 0.6) is 0 Å². The van der Waals surface area contributed by atoms with Gasteiger partial charge >= 0.3 is 5.97 Å². The maximum atomic E-state index is 12.2. The Morgan fingerprint density at radius 2 is 1.61 bits per heavy atom. The van der Waals surface area contributed by atoms with Crippen molar-refractivity contribution in [2.24, 2.45) is 5.92 Å². The van der Waals surface area contributed by atoms with Crippen LogP contribution in [0, 0.1) is 5.92 Å². The first kappa shape index (κ1) is 15.8. The number of carbonyl (C=O) groups excluding carboxylic acids is 1. The zero-order chi connectivity index (χ0) is 16.1. The van der Waals surface area contributed by atoms with Gasteiger partial charge < -0.3 is 4.74 Å². The third-order valence-corrected chi connectivity index (χ3v) is 4.95. The lowest BCUT2D eigenvalue weighted by molar-refractivity contribution is -0.142. The molecule has 2 nitrogen and oxygen atoms in total. The van der Waals surface area contributed by atoms with Crippen LogP contribution in [0.3, 0.4) is 0 Å². The molecule has 1 saturated carbocycles. The molecule has 1 atom stereocenters. The molecule has 0 N–H and O–H groups in total. The SMILES string of the molecule is COC(=O)C(CC1CCCC1)c1ccc(-c2ccccc2)cc1. The van der Waals surface area contributed by atoms with Crippen molar-refractivity contribution in [1.29, 1.82) is 0 Å². The van der Waals surface area contributed by atoms with Crippen molar-refractivity contribution < 1.29 is 9.53 Å². The molecular weight excluding hydrogens is 284 g/mol. The molecule has 1 unspecified atom stereocenters. The molecule has 1 aliphatic carbocycles. The number of rotatable bonds is 5. The number of methoxy groups -OCH3 is 1. The van der Waals surface area contributed by atoms with Crippen LogP contribution in [0.15, 0.2) is 54.6 Å². The number of esters is 1. The van der Waals surface area contributed by atoms with Crippen LogP contribution in [0.2, 0.25) is 0 Å². The van der Waals surface area contributed by atoms with E-state index in [1.807, 2.05) is 18.2 Å². The zero-order valence-electron chi connectivity index (χ0n) is 13.7. The molecule has 1 aliphatic rings. The summed E-state index contributed by atoms with van der Waals surface area (Å²) in [5, 5.41) is 0. The molecule has 0 amide bonds. The molecule has 0 saturated heterocycles. The molecule has 23 heavy (non-hydrogen) atoms. The second-order valence-electron chi connectivity index (χ2n) is 6.45. The summed E-state index contributed by atoms with van der Waals surface area (Å²) in [6.45, 7) is 0. The van der Waals surface area contributed by atoms with E-state index in [0.29, 0.717) is 5.92 Å². The smallest absolute Gasteiger partial charge is 0.313 e. The van der Waals surface area contributed by atoms with Gasteiger partial charge in [0.05, 0.1) is 13.0 Å². The molecule has 0 bridgehead atoms. The molecular formula is C21H24O2. The van der Waals surface area contributed by atoms with Crippen LogP contribution < -0.4 is 0 Å². The van der Waals surface area contributed by atoms with E-state index in [1.54, 1.807) is 0 Å². The Morgan fingerprint density at radius 3 is 2.22 bits per heavy atom. The van der Waals surface area contributed by atoms with Gasteiger partial charge in [0.15, 0.2) is 0 Å². The molecule has 0 aromatic heterocycles. The largest absolute Gasteiger partial charge is 0.469 e. The third kappa shape index (κ3) is 3.82. The van der Waals surface area contributed by atoms with E-state index in [9.17, 15) is 4.79 Å². The van der Waals surface area contributed by atoms with E-state index in [0.717, 1.165) is 12.0 Å². The van der Waals surface area contributed by atoms with Gasteiger partial charge in [0.1, 0.15) is 0 Å². The van der Waals surface area contributed by atoms with E-state index in [2.05, 4.69) is 36.4 Å². The topological polar surface area (TPSA) is 26.3 Å². The Hall–Kier alpha value is -2.09. The van der Waals surface area contributed by atoms with Gasteiger partial charge in [-0.3, -0.25) is 4.79 Å². The van der Waals surface area contributed by atoms with Crippen LogP contribution in [-0.2, 0) is 9.53 Å². The Bertz CT molecular complexity index is 625. The normalized spacial score (nSPS) is 16.2. The van der Waals surface area contributed by atoms with E-state index in [1.165, 1.54) is 43.9 Å². The minimum absolute atomic E-state index is 0.107. The molecule has 2 heteroatoms. The van der Waals surface area contributed by atoms with Crippen molar-refractivity contribution in [3.8, 4) is 11.1 Å². The lowest BCUT2D eigenvalue weighted by Gasteiger charge is -2.19. The number of hydrogen-bond donors (Lipinski definition) is 0. The zero-order valence-corrected chi connectivity index (χ0v) is 13.7.